The molecule has 0 radical (unpaired) electrons. The molecule has 6 heteroatoms. The Balaban J connectivity index is 1.73. The van der Waals surface area contributed by atoms with Crippen LogP contribution in [-0.2, 0) is 0 Å². The third-order valence-electron chi connectivity index (χ3n) is 5.60. The number of hydrogen-bond acceptors (Lipinski definition) is 6. The Kier molecular flexibility index (Phi) is 5.26. The second-order valence-electron chi connectivity index (χ2n) is 7.59. The average Bonchev–Trinajstić information content (AvgIpc) is 3.52. The number of fused-ring (bicyclic) bond motifs is 3. The normalized spacial score (nSPS) is 10.6. The van der Waals surface area contributed by atoms with Crippen molar-refractivity contribution in [3.8, 4) is 46.3 Å². The lowest BCUT2D eigenvalue weighted by molar-refractivity contribution is 0.414. The van der Waals surface area contributed by atoms with Crippen LogP contribution in [0, 0.1) is 22.7 Å². The van der Waals surface area contributed by atoms with Crippen molar-refractivity contribution in [3.05, 3.63) is 77.9 Å². The van der Waals surface area contributed by atoms with Crippen molar-refractivity contribution in [2.75, 3.05) is 14.2 Å². The monoisotopic (exact) mass is 446 g/mol. The molecule has 0 amide bonds. The standard InChI is InChI=1S/C28H18N2O4/c1-31-22-7-3-18(4-8-22)25-13-21-12-20(11-17(15-29)16-30)27-24(28(21)33-25)14-26(34-27)19-5-9-23(32-2)10-6-19/h3-14H,1-2H3. The molecule has 0 bridgehead atoms. The summed E-state index contributed by atoms with van der Waals surface area (Å²) in [6, 6.07) is 24.7. The van der Waals surface area contributed by atoms with Crippen molar-refractivity contribution in [3.63, 3.8) is 0 Å². The number of hydrogen-bond donors (Lipinski definition) is 0. The van der Waals surface area contributed by atoms with Crippen molar-refractivity contribution in [2.24, 2.45) is 0 Å². The first-order valence-electron chi connectivity index (χ1n) is 10.4. The molecule has 2 heterocycles. The molecular formula is C28H18N2O4. The summed E-state index contributed by atoms with van der Waals surface area (Å²) in [5.74, 6) is 2.83. The Morgan fingerprint density at radius 1 is 0.735 bits per heavy atom. The van der Waals surface area contributed by atoms with Gasteiger partial charge in [-0.05, 0) is 72.8 Å². The van der Waals surface area contributed by atoms with E-state index in [1.807, 2.05) is 78.9 Å². The van der Waals surface area contributed by atoms with Crippen molar-refractivity contribution in [1.29, 1.82) is 10.5 Å². The third-order valence-corrected chi connectivity index (χ3v) is 5.60. The Bertz CT molecular complexity index is 1610. The molecular weight excluding hydrogens is 428 g/mol. The van der Waals surface area contributed by atoms with E-state index in [-0.39, 0.29) is 5.57 Å². The number of ether oxygens (including phenoxy) is 2. The maximum absolute atomic E-state index is 9.29. The molecule has 34 heavy (non-hydrogen) atoms. The van der Waals surface area contributed by atoms with Crippen LogP contribution in [-0.4, -0.2) is 14.2 Å². The van der Waals surface area contributed by atoms with Gasteiger partial charge in [0.05, 0.1) is 19.6 Å². The molecule has 3 aromatic carbocycles. The summed E-state index contributed by atoms with van der Waals surface area (Å²) in [4.78, 5) is 0. The molecule has 0 unspecified atom stereocenters. The lowest BCUT2D eigenvalue weighted by Crippen LogP contribution is -1.81. The SMILES string of the molecule is COc1ccc(-c2cc3c(o2)c(C=C(C#N)C#N)cc2cc(-c4ccc(OC)cc4)oc23)cc1. The van der Waals surface area contributed by atoms with Crippen LogP contribution >= 0.6 is 0 Å². The summed E-state index contributed by atoms with van der Waals surface area (Å²) in [6.45, 7) is 0. The predicted octanol–water partition coefficient (Wildman–Crippen LogP) is 6.96. The van der Waals surface area contributed by atoms with Gasteiger partial charge in [-0.15, -0.1) is 0 Å². The van der Waals surface area contributed by atoms with Crippen LogP contribution in [0.5, 0.6) is 11.5 Å². The van der Waals surface area contributed by atoms with E-state index in [1.54, 1.807) is 14.2 Å². The molecule has 2 aromatic heterocycles. The fourth-order valence-electron chi connectivity index (χ4n) is 3.88. The van der Waals surface area contributed by atoms with Gasteiger partial charge in [-0.2, -0.15) is 10.5 Å². The summed E-state index contributed by atoms with van der Waals surface area (Å²) in [5, 5.41) is 20.2. The van der Waals surface area contributed by atoms with E-state index in [1.165, 1.54) is 6.08 Å². The van der Waals surface area contributed by atoms with Gasteiger partial charge in [-0.1, -0.05) is 0 Å². The van der Waals surface area contributed by atoms with E-state index >= 15 is 0 Å². The van der Waals surface area contributed by atoms with Crippen molar-refractivity contribution < 1.29 is 18.3 Å². The molecule has 0 aliphatic carbocycles. The molecule has 6 nitrogen and oxygen atoms in total. The largest absolute Gasteiger partial charge is 0.497 e. The number of furan rings is 2. The van der Waals surface area contributed by atoms with Gasteiger partial charge in [0.2, 0.25) is 0 Å². The van der Waals surface area contributed by atoms with Crippen molar-refractivity contribution >= 4 is 28.0 Å². The minimum Gasteiger partial charge on any atom is -0.497 e. The molecule has 0 aliphatic rings. The average molecular weight is 446 g/mol. The van der Waals surface area contributed by atoms with Gasteiger partial charge < -0.3 is 18.3 Å². The van der Waals surface area contributed by atoms with Crippen LogP contribution in [0.1, 0.15) is 5.56 Å². The summed E-state index contributed by atoms with van der Waals surface area (Å²) in [7, 11) is 3.24. The number of nitriles is 2. The van der Waals surface area contributed by atoms with Crippen LogP contribution < -0.4 is 9.47 Å². The fourth-order valence-corrected chi connectivity index (χ4v) is 3.88. The van der Waals surface area contributed by atoms with Crippen LogP contribution in [0.15, 0.2) is 81.1 Å². The maximum atomic E-state index is 9.29. The topological polar surface area (TPSA) is 92.3 Å². The third kappa shape index (κ3) is 3.64. The van der Waals surface area contributed by atoms with E-state index in [9.17, 15) is 10.5 Å². The number of nitrogens with zero attached hydrogens (tertiary/aromatic N) is 2. The van der Waals surface area contributed by atoms with Gasteiger partial charge in [0.15, 0.2) is 0 Å². The molecule has 0 saturated carbocycles. The first kappa shape index (κ1) is 20.9. The quantitative estimate of drug-likeness (QED) is 0.271. The molecule has 164 valence electrons. The molecule has 0 spiro atoms. The fraction of sp³-hybridized carbons (Fsp3) is 0.0714. The predicted molar refractivity (Wildman–Crippen MR) is 129 cm³/mol. The van der Waals surface area contributed by atoms with E-state index in [0.29, 0.717) is 28.2 Å². The van der Waals surface area contributed by atoms with Crippen LogP contribution in [0.4, 0.5) is 0 Å². The first-order chi connectivity index (χ1) is 16.6. The molecule has 0 atom stereocenters. The first-order valence-corrected chi connectivity index (χ1v) is 10.4. The van der Waals surface area contributed by atoms with E-state index < -0.39 is 0 Å². The molecule has 0 saturated heterocycles. The lowest BCUT2D eigenvalue weighted by Gasteiger charge is -2.00. The maximum Gasteiger partial charge on any atom is 0.145 e. The Labute approximate surface area is 195 Å². The van der Waals surface area contributed by atoms with E-state index in [4.69, 9.17) is 18.3 Å². The highest BCUT2D eigenvalue weighted by atomic mass is 16.5. The molecule has 0 fully saturated rings. The number of allylic oxidation sites excluding steroid dienone is 1. The Morgan fingerprint density at radius 3 is 1.79 bits per heavy atom. The van der Waals surface area contributed by atoms with E-state index in [2.05, 4.69) is 0 Å². The lowest BCUT2D eigenvalue weighted by atomic mass is 10.1. The second-order valence-corrected chi connectivity index (χ2v) is 7.59. The smallest absolute Gasteiger partial charge is 0.145 e. The molecule has 5 rings (SSSR count). The van der Waals surface area contributed by atoms with Gasteiger partial charge in [0, 0.05) is 22.1 Å². The van der Waals surface area contributed by atoms with Crippen LogP contribution in [0.2, 0.25) is 0 Å². The highest BCUT2D eigenvalue weighted by Gasteiger charge is 2.18. The summed E-state index contributed by atoms with van der Waals surface area (Å²) >= 11 is 0. The minimum absolute atomic E-state index is 0.0121. The van der Waals surface area contributed by atoms with Gasteiger partial charge in [-0.3, -0.25) is 0 Å². The Morgan fingerprint density at radius 2 is 1.26 bits per heavy atom. The number of benzene rings is 3. The van der Waals surface area contributed by atoms with E-state index in [0.717, 1.165) is 33.4 Å². The molecule has 0 aliphatic heterocycles. The summed E-state index contributed by atoms with van der Waals surface area (Å²) in [5.41, 5.74) is 3.58. The molecule has 0 N–H and O–H groups in total. The zero-order valence-corrected chi connectivity index (χ0v) is 18.5. The minimum atomic E-state index is -0.0121. The van der Waals surface area contributed by atoms with Crippen molar-refractivity contribution in [2.45, 2.75) is 0 Å². The highest BCUT2D eigenvalue weighted by Crippen LogP contribution is 2.39. The van der Waals surface area contributed by atoms with Gasteiger partial charge >= 0.3 is 0 Å². The van der Waals surface area contributed by atoms with Crippen molar-refractivity contribution in [1.82, 2.24) is 0 Å². The summed E-state index contributed by atoms with van der Waals surface area (Å²) < 4.78 is 23.0. The van der Waals surface area contributed by atoms with Gasteiger partial charge in [0.25, 0.3) is 0 Å². The molecule has 5 aromatic rings. The number of rotatable bonds is 5. The van der Waals surface area contributed by atoms with Crippen LogP contribution in [0.3, 0.4) is 0 Å². The highest BCUT2D eigenvalue weighted by molar-refractivity contribution is 6.08. The zero-order valence-electron chi connectivity index (χ0n) is 18.5. The zero-order chi connectivity index (χ0) is 23.7. The van der Waals surface area contributed by atoms with Gasteiger partial charge in [-0.25, -0.2) is 0 Å². The van der Waals surface area contributed by atoms with Crippen LogP contribution in [0.25, 0.3) is 50.7 Å². The summed E-state index contributed by atoms with van der Waals surface area (Å²) in [6.07, 6.45) is 1.53. The Hall–Kier alpha value is -4.94. The second kappa shape index (κ2) is 8.54. The number of methoxy groups -OCH3 is 2. The van der Waals surface area contributed by atoms with Gasteiger partial charge in [0.1, 0.15) is 51.9 Å².